The van der Waals surface area contributed by atoms with Crippen LogP contribution in [-0.2, 0) is 4.79 Å². The number of hydrogen-bond donors (Lipinski definition) is 0. The van der Waals surface area contributed by atoms with Gasteiger partial charge in [0.25, 0.3) is 0 Å². The van der Waals surface area contributed by atoms with Gasteiger partial charge < -0.3 is 0 Å². The number of fused-ring (bicyclic) bond motifs is 1. The Morgan fingerprint density at radius 1 is 1.50 bits per heavy atom. The zero-order valence-corrected chi connectivity index (χ0v) is 8.83. The second-order valence-electron chi connectivity index (χ2n) is 4.74. The summed E-state index contributed by atoms with van der Waals surface area (Å²) in [6, 6.07) is 0. The lowest BCUT2D eigenvalue weighted by Gasteiger charge is -2.38. The first kappa shape index (κ1) is 9.70. The van der Waals surface area contributed by atoms with E-state index >= 15 is 0 Å². The second-order valence-corrected chi connectivity index (χ2v) is 4.74. The number of ketones is 1. The molecule has 2 aliphatic carbocycles. The lowest BCUT2D eigenvalue weighted by Crippen LogP contribution is -2.33. The van der Waals surface area contributed by atoms with Crippen molar-refractivity contribution in [2.45, 2.75) is 32.6 Å². The van der Waals surface area contributed by atoms with E-state index in [1.54, 1.807) is 0 Å². The van der Waals surface area contributed by atoms with Crippen LogP contribution in [0.15, 0.2) is 24.3 Å². The standard InChI is InChI=1S/C13H18O/c1-9(2)13-8-11(14)7-10-5-3-4-6-12(10)13/h4,6,10,12-13H,1,3,5,7-8H2,2H3/t10-,12-,13+/m0/s1. The average molecular weight is 190 g/mol. The molecule has 0 aromatic rings. The van der Waals surface area contributed by atoms with E-state index in [4.69, 9.17) is 0 Å². The van der Waals surface area contributed by atoms with E-state index < -0.39 is 0 Å². The summed E-state index contributed by atoms with van der Waals surface area (Å²) in [5.74, 6) is 2.05. The predicted molar refractivity (Wildman–Crippen MR) is 57.9 cm³/mol. The maximum atomic E-state index is 11.6. The Morgan fingerprint density at radius 2 is 2.29 bits per heavy atom. The number of Topliss-reactive ketones (excluding diaryl/α,β-unsaturated/α-hetero) is 1. The zero-order valence-electron chi connectivity index (χ0n) is 8.83. The molecule has 3 atom stereocenters. The first-order valence-electron chi connectivity index (χ1n) is 5.52. The van der Waals surface area contributed by atoms with Crippen molar-refractivity contribution in [2.75, 3.05) is 0 Å². The van der Waals surface area contributed by atoms with Gasteiger partial charge in [0.1, 0.15) is 5.78 Å². The maximum Gasteiger partial charge on any atom is 0.133 e. The van der Waals surface area contributed by atoms with E-state index in [0.29, 0.717) is 23.5 Å². The van der Waals surface area contributed by atoms with Crippen LogP contribution in [0.3, 0.4) is 0 Å². The largest absolute Gasteiger partial charge is 0.300 e. The topological polar surface area (TPSA) is 17.1 Å². The second kappa shape index (κ2) is 3.72. The van der Waals surface area contributed by atoms with Gasteiger partial charge in [0, 0.05) is 12.8 Å². The van der Waals surface area contributed by atoms with Crippen molar-refractivity contribution in [2.24, 2.45) is 17.8 Å². The third-order valence-corrected chi connectivity index (χ3v) is 3.64. The molecule has 1 heteroatoms. The molecule has 76 valence electrons. The highest BCUT2D eigenvalue weighted by molar-refractivity contribution is 5.80. The van der Waals surface area contributed by atoms with E-state index in [9.17, 15) is 4.79 Å². The number of hydrogen-bond acceptors (Lipinski definition) is 1. The Morgan fingerprint density at radius 3 is 3.00 bits per heavy atom. The molecule has 1 nitrogen and oxygen atoms in total. The lowest BCUT2D eigenvalue weighted by atomic mass is 9.66. The van der Waals surface area contributed by atoms with Crippen LogP contribution in [0.25, 0.3) is 0 Å². The van der Waals surface area contributed by atoms with Crippen LogP contribution < -0.4 is 0 Å². The van der Waals surface area contributed by atoms with Crippen LogP contribution >= 0.6 is 0 Å². The van der Waals surface area contributed by atoms with Crippen LogP contribution in [0.1, 0.15) is 32.6 Å². The molecule has 0 N–H and O–H groups in total. The van der Waals surface area contributed by atoms with Gasteiger partial charge in [-0.1, -0.05) is 24.3 Å². The Bertz CT molecular complexity index is 288. The van der Waals surface area contributed by atoms with Gasteiger partial charge in [0.2, 0.25) is 0 Å². The van der Waals surface area contributed by atoms with Crippen LogP contribution in [0.4, 0.5) is 0 Å². The fraction of sp³-hybridized carbons (Fsp3) is 0.615. The van der Waals surface area contributed by atoms with E-state index in [2.05, 4.69) is 25.7 Å². The number of carbonyl (C=O) groups is 1. The van der Waals surface area contributed by atoms with Crippen LogP contribution in [0.5, 0.6) is 0 Å². The summed E-state index contributed by atoms with van der Waals surface area (Å²) in [5.41, 5.74) is 1.18. The SMILES string of the molecule is C=C(C)[C@H]1CC(=O)C[C@@H]2CCC=C[C@@H]21. The molecular formula is C13H18O. The summed E-state index contributed by atoms with van der Waals surface area (Å²) in [6.45, 7) is 6.08. The van der Waals surface area contributed by atoms with Crippen molar-refractivity contribution in [3.8, 4) is 0 Å². The molecule has 0 aromatic heterocycles. The third kappa shape index (κ3) is 1.68. The van der Waals surface area contributed by atoms with Gasteiger partial charge in [-0.25, -0.2) is 0 Å². The molecular weight excluding hydrogens is 172 g/mol. The van der Waals surface area contributed by atoms with Gasteiger partial charge in [-0.3, -0.25) is 4.79 Å². The molecule has 1 fully saturated rings. The fourth-order valence-corrected chi connectivity index (χ4v) is 2.87. The van der Waals surface area contributed by atoms with E-state index in [1.807, 2.05) is 0 Å². The summed E-state index contributed by atoms with van der Waals surface area (Å²) in [5, 5.41) is 0. The molecule has 0 heterocycles. The Hall–Kier alpha value is -0.850. The molecule has 1 saturated carbocycles. The Balaban J connectivity index is 2.22. The summed E-state index contributed by atoms with van der Waals surface area (Å²) in [4.78, 5) is 11.6. The van der Waals surface area contributed by atoms with Gasteiger partial charge in [0.05, 0.1) is 0 Å². The molecule has 0 aliphatic heterocycles. The van der Waals surface area contributed by atoms with E-state index in [-0.39, 0.29) is 0 Å². The molecule has 0 aromatic carbocycles. The molecule has 0 amide bonds. The highest BCUT2D eigenvalue weighted by atomic mass is 16.1. The normalized spacial score (nSPS) is 36.6. The minimum absolute atomic E-state index is 0.415. The van der Waals surface area contributed by atoms with Gasteiger partial charge in [-0.15, -0.1) is 0 Å². The van der Waals surface area contributed by atoms with Crippen molar-refractivity contribution in [3.05, 3.63) is 24.3 Å². The van der Waals surface area contributed by atoms with Crippen LogP contribution in [0.2, 0.25) is 0 Å². The predicted octanol–water partition coefficient (Wildman–Crippen LogP) is 3.12. The highest BCUT2D eigenvalue weighted by Crippen LogP contribution is 2.41. The number of allylic oxidation sites excluding steroid dienone is 3. The van der Waals surface area contributed by atoms with Crippen molar-refractivity contribution >= 4 is 5.78 Å². The lowest BCUT2D eigenvalue weighted by molar-refractivity contribution is -0.123. The zero-order chi connectivity index (χ0) is 10.1. The summed E-state index contributed by atoms with van der Waals surface area (Å²) < 4.78 is 0. The van der Waals surface area contributed by atoms with E-state index in [0.717, 1.165) is 19.3 Å². The summed E-state index contributed by atoms with van der Waals surface area (Å²) >= 11 is 0. The molecule has 2 aliphatic rings. The van der Waals surface area contributed by atoms with E-state index in [1.165, 1.54) is 12.0 Å². The minimum atomic E-state index is 0.415. The van der Waals surface area contributed by atoms with Crippen molar-refractivity contribution in [1.82, 2.24) is 0 Å². The van der Waals surface area contributed by atoms with Crippen molar-refractivity contribution < 1.29 is 4.79 Å². The van der Waals surface area contributed by atoms with Gasteiger partial charge in [-0.2, -0.15) is 0 Å². The molecule has 14 heavy (non-hydrogen) atoms. The molecule has 2 rings (SSSR count). The first-order valence-corrected chi connectivity index (χ1v) is 5.52. The fourth-order valence-electron chi connectivity index (χ4n) is 2.87. The van der Waals surface area contributed by atoms with Crippen LogP contribution in [0, 0.1) is 17.8 Å². The maximum absolute atomic E-state index is 11.6. The van der Waals surface area contributed by atoms with Gasteiger partial charge in [-0.05, 0) is 37.5 Å². The van der Waals surface area contributed by atoms with Gasteiger partial charge >= 0.3 is 0 Å². The first-order chi connectivity index (χ1) is 6.68. The molecule has 0 bridgehead atoms. The highest BCUT2D eigenvalue weighted by Gasteiger charge is 2.36. The van der Waals surface area contributed by atoms with Gasteiger partial charge in [0.15, 0.2) is 0 Å². The quantitative estimate of drug-likeness (QED) is 0.581. The molecule has 0 spiro atoms. The van der Waals surface area contributed by atoms with Crippen molar-refractivity contribution in [1.29, 1.82) is 0 Å². The third-order valence-electron chi connectivity index (χ3n) is 3.64. The average Bonchev–Trinajstić information content (AvgIpc) is 2.16. The Labute approximate surface area is 85.9 Å². The number of rotatable bonds is 1. The van der Waals surface area contributed by atoms with Crippen molar-refractivity contribution in [3.63, 3.8) is 0 Å². The summed E-state index contributed by atoms with van der Waals surface area (Å²) in [6.07, 6.45) is 8.46. The van der Waals surface area contributed by atoms with Crippen LogP contribution in [-0.4, -0.2) is 5.78 Å². The molecule has 0 radical (unpaired) electrons. The number of carbonyl (C=O) groups excluding carboxylic acids is 1. The minimum Gasteiger partial charge on any atom is -0.300 e. The monoisotopic (exact) mass is 190 g/mol. The Kier molecular flexibility index (Phi) is 2.58. The summed E-state index contributed by atoms with van der Waals surface area (Å²) in [7, 11) is 0. The molecule has 0 saturated heterocycles. The molecule has 0 unspecified atom stereocenters. The smallest absolute Gasteiger partial charge is 0.133 e.